The van der Waals surface area contributed by atoms with E-state index >= 15 is 0 Å². The van der Waals surface area contributed by atoms with Crippen LogP contribution >= 0.6 is 23.2 Å². The quantitative estimate of drug-likeness (QED) is 0.0355. The van der Waals surface area contributed by atoms with E-state index < -0.39 is 72.3 Å². The number of benzene rings is 2. The van der Waals surface area contributed by atoms with Gasteiger partial charge in [-0.1, -0.05) is 80.9 Å². The maximum Gasteiger partial charge on any atom is 0.341 e. The molecule has 0 saturated carbocycles. The van der Waals surface area contributed by atoms with Crippen LogP contribution in [0, 0.1) is 11.8 Å². The van der Waals surface area contributed by atoms with Gasteiger partial charge in [0.2, 0.25) is 11.8 Å². The van der Waals surface area contributed by atoms with Gasteiger partial charge in [-0.3, -0.25) is 33.6 Å². The van der Waals surface area contributed by atoms with Gasteiger partial charge in [0.1, 0.15) is 18.1 Å². The fourth-order valence-corrected chi connectivity index (χ4v) is 6.16. The minimum atomic E-state index is -1.48. The van der Waals surface area contributed by atoms with Crippen molar-refractivity contribution in [3.63, 3.8) is 0 Å². The number of aliphatic carboxylic acids is 1. The number of halogens is 2. The standard InChI is InChI=1S/C22H27N3O4.C20H19Cl2N3O7.CH4/c1-15(22(29)25-19(14-26)12-16(2)27)11-20(28)21-23-13-18(24-21)10-6-9-17-7-4-3-5-8-17;1-10(7-14(26)18-23-5-6-24-18)19(30)25-13(8-16(28)29)15(27)9-32-20(31)17-11(21)3-2-4-12(17)22;/h3-5,7-8,13-15,19H,6,9-12H2,1-2H3,(H,23,24)(H,25,29);2-6,10,13H,7-9H2,1H3,(H,23,24)(H,25,30)(H,28,29);1H4/t15-,19+;10-,13+;/m11./s1. The lowest BCUT2D eigenvalue weighted by Gasteiger charge is -2.18. The molecule has 0 fully saturated rings. The number of hydrogen-bond donors (Lipinski definition) is 5. The molecule has 332 valence electrons. The summed E-state index contributed by atoms with van der Waals surface area (Å²) in [6.07, 6.45) is 6.63. The lowest BCUT2D eigenvalue weighted by molar-refractivity contribution is -0.141. The number of carbonyl (C=O) groups is 9. The van der Waals surface area contributed by atoms with Crippen LogP contribution in [0.15, 0.2) is 67.1 Å². The van der Waals surface area contributed by atoms with Crippen molar-refractivity contribution in [1.29, 1.82) is 0 Å². The fourth-order valence-electron chi connectivity index (χ4n) is 5.61. The number of carboxylic acid groups (broad SMARTS) is 1. The van der Waals surface area contributed by atoms with Gasteiger partial charge < -0.3 is 35.2 Å². The first kappa shape index (κ1) is 51.8. The van der Waals surface area contributed by atoms with Gasteiger partial charge in [0.15, 0.2) is 35.6 Å². The first-order valence-corrected chi connectivity index (χ1v) is 19.8. The highest BCUT2D eigenvalue weighted by molar-refractivity contribution is 6.39. The summed E-state index contributed by atoms with van der Waals surface area (Å²) < 4.78 is 4.90. The van der Waals surface area contributed by atoms with Crippen molar-refractivity contribution in [2.45, 2.75) is 85.2 Å². The van der Waals surface area contributed by atoms with Crippen molar-refractivity contribution in [3.8, 4) is 0 Å². The molecule has 2 heterocycles. The van der Waals surface area contributed by atoms with Crippen LogP contribution in [0.1, 0.15) is 103 Å². The van der Waals surface area contributed by atoms with E-state index in [9.17, 15) is 43.2 Å². The van der Waals surface area contributed by atoms with Gasteiger partial charge in [0.05, 0.1) is 28.1 Å². The van der Waals surface area contributed by atoms with Crippen molar-refractivity contribution >= 4 is 76.4 Å². The molecule has 0 unspecified atom stereocenters. The number of hydrogen-bond acceptors (Lipinski definition) is 12. The number of aldehydes is 1. The number of aromatic nitrogens is 4. The van der Waals surface area contributed by atoms with E-state index in [4.69, 9.17) is 33.0 Å². The molecule has 2 amide bonds. The Morgan fingerprint density at radius 3 is 1.98 bits per heavy atom. The summed E-state index contributed by atoms with van der Waals surface area (Å²) in [5.74, 6) is -6.44. The lowest BCUT2D eigenvalue weighted by atomic mass is 10.0. The van der Waals surface area contributed by atoms with Gasteiger partial charge in [-0.25, -0.2) is 14.8 Å². The number of ketones is 4. The summed E-state index contributed by atoms with van der Waals surface area (Å²) in [4.78, 5) is 121. The highest BCUT2D eigenvalue weighted by atomic mass is 35.5. The molecule has 4 atom stereocenters. The van der Waals surface area contributed by atoms with E-state index in [1.807, 2.05) is 18.2 Å². The van der Waals surface area contributed by atoms with Crippen molar-refractivity contribution in [3.05, 3.63) is 106 Å². The van der Waals surface area contributed by atoms with E-state index in [2.05, 4.69) is 42.7 Å². The van der Waals surface area contributed by atoms with Gasteiger partial charge in [-0.05, 0) is 43.9 Å². The molecule has 4 aromatic rings. The number of imidazole rings is 2. The summed E-state index contributed by atoms with van der Waals surface area (Å²) in [6, 6.07) is 12.2. The highest BCUT2D eigenvalue weighted by Gasteiger charge is 2.29. The number of nitrogens with zero attached hydrogens (tertiary/aromatic N) is 2. The molecule has 2 aromatic carbocycles. The number of H-pyrrole nitrogens is 2. The zero-order valence-electron chi connectivity index (χ0n) is 33.6. The van der Waals surface area contributed by atoms with Crippen molar-refractivity contribution in [2.24, 2.45) is 11.8 Å². The number of aromatic amines is 2. The van der Waals surface area contributed by atoms with Crippen LogP contribution in [0.4, 0.5) is 0 Å². The Hall–Kier alpha value is -6.33. The Morgan fingerprint density at radius 2 is 1.42 bits per heavy atom. The molecule has 19 heteroatoms. The van der Waals surface area contributed by atoms with E-state index in [1.165, 1.54) is 50.0 Å². The van der Waals surface area contributed by atoms with E-state index in [-0.39, 0.29) is 65.5 Å². The van der Waals surface area contributed by atoms with E-state index in [1.54, 1.807) is 13.1 Å². The minimum Gasteiger partial charge on any atom is -0.481 e. The number of nitrogens with one attached hydrogen (secondary N) is 4. The van der Waals surface area contributed by atoms with Gasteiger partial charge >= 0.3 is 11.9 Å². The number of ether oxygens (including phenoxy) is 1. The van der Waals surface area contributed by atoms with Crippen molar-refractivity contribution < 1.29 is 53.0 Å². The summed E-state index contributed by atoms with van der Waals surface area (Å²) >= 11 is 11.8. The highest BCUT2D eigenvalue weighted by Crippen LogP contribution is 2.25. The zero-order chi connectivity index (χ0) is 45.1. The number of rotatable bonds is 23. The molecule has 0 aliphatic carbocycles. The molecule has 5 N–H and O–H groups in total. The third kappa shape index (κ3) is 17.3. The maximum absolute atomic E-state index is 12.4. The molecule has 2 aromatic heterocycles. The topological polar surface area (TPSA) is 265 Å². The molecule has 17 nitrogen and oxygen atoms in total. The van der Waals surface area contributed by atoms with Gasteiger partial charge in [0.25, 0.3) is 0 Å². The average molecular weight is 898 g/mol. The maximum atomic E-state index is 12.4. The normalized spacial score (nSPS) is 12.4. The number of esters is 1. The van der Waals surface area contributed by atoms with Gasteiger partial charge in [-0.15, -0.1) is 0 Å². The monoisotopic (exact) mass is 896 g/mol. The zero-order valence-corrected chi connectivity index (χ0v) is 35.1. The molecule has 62 heavy (non-hydrogen) atoms. The second kappa shape index (κ2) is 26.1. The second-order valence-corrected chi connectivity index (χ2v) is 14.9. The predicted molar refractivity (Wildman–Crippen MR) is 228 cm³/mol. The van der Waals surface area contributed by atoms with Gasteiger partial charge in [-0.2, -0.15) is 0 Å². The van der Waals surface area contributed by atoms with Crippen LogP contribution in [0.2, 0.25) is 10.0 Å². The summed E-state index contributed by atoms with van der Waals surface area (Å²) in [6.45, 7) is 3.58. The van der Waals surface area contributed by atoms with Crippen LogP contribution in [0.5, 0.6) is 0 Å². The van der Waals surface area contributed by atoms with Crippen LogP contribution in [0.3, 0.4) is 0 Å². The fraction of sp³-hybridized carbons (Fsp3) is 0.372. The Kier molecular flexibility index (Phi) is 21.8. The van der Waals surface area contributed by atoms with Crippen molar-refractivity contribution in [2.75, 3.05) is 6.61 Å². The molecule has 0 aliphatic heterocycles. The van der Waals surface area contributed by atoms with Crippen LogP contribution < -0.4 is 10.6 Å². The Labute approximate surface area is 368 Å². The molecule has 0 bridgehead atoms. The molecular formula is C43H50Cl2N6O11. The summed E-state index contributed by atoms with van der Waals surface area (Å²) in [5, 5.41) is 13.9. The summed E-state index contributed by atoms with van der Waals surface area (Å²) in [5.41, 5.74) is 2.00. The minimum absolute atomic E-state index is 0. The second-order valence-electron chi connectivity index (χ2n) is 14.0. The summed E-state index contributed by atoms with van der Waals surface area (Å²) in [7, 11) is 0. The first-order chi connectivity index (χ1) is 29.0. The third-order valence-corrected chi connectivity index (χ3v) is 9.51. The molecule has 4 rings (SSSR count). The molecule has 0 aliphatic rings. The number of amides is 2. The third-order valence-electron chi connectivity index (χ3n) is 8.88. The molecule has 0 saturated heterocycles. The largest absolute Gasteiger partial charge is 0.481 e. The van der Waals surface area contributed by atoms with Crippen LogP contribution in [0.25, 0.3) is 0 Å². The first-order valence-electron chi connectivity index (χ1n) is 19.0. The smallest absolute Gasteiger partial charge is 0.341 e. The molecule has 0 radical (unpaired) electrons. The van der Waals surface area contributed by atoms with E-state index in [0.29, 0.717) is 6.29 Å². The Balaban J connectivity index is 0.000000422. The predicted octanol–water partition coefficient (Wildman–Crippen LogP) is 5.40. The number of carbonyl (C=O) groups excluding carboxylic acids is 8. The Bertz CT molecular complexity index is 2160. The number of aryl methyl sites for hydroxylation is 2. The van der Waals surface area contributed by atoms with Crippen molar-refractivity contribution in [1.82, 2.24) is 30.6 Å². The lowest BCUT2D eigenvalue weighted by Crippen LogP contribution is -2.46. The van der Waals surface area contributed by atoms with Gasteiger partial charge in [0, 0.05) is 55.4 Å². The van der Waals surface area contributed by atoms with Crippen LogP contribution in [-0.2, 0) is 46.3 Å². The van der Waals surface area contributed by atoms with E-state index in [0.717, 1.165) is 25.0 Å². The number of Topliss-reactive ketones (excluding diaryl/α,β-unsaturated/α-hetero) is 4. The number of carboxylic acids is 1. The Morgan fingerprint density at radius 1 is 0.806 bits per heavy atom. The SMILES string of the molecule is C.CC(=O)C[C@@H](C=O)NC(=O)[C@H](C)CC(=O)c1ncc(CCCc2ccccc2)[nH]1.C[C@H](CC(=O)c1ncc[nH]1)C(=O)N[C@@H](CC(=O)O)C(=O)COC(=O)c1c(Cl)cccc1Cl. The van der Waals surface area contributed by atoms with Crippen LogP contribution in [-0.4, -0.2) is 96.9 Å². The molecular weight excluding hydrogens is 847 g/mol. The average Bonchev–Trinajstić information content (AvgIpc) is 3.93. The molecule has 0 spiro atoms.